The quantitative estimate of drug-likeness (QED) is 0.804. The number of carbonyl (C=O) groups is 2. The minimum atomic E-state index is -0.494. The van der Waals surface area contributed by atoms with Crippen molar-refractivity contribution in [1.82, 2.24) is 14.9 Å². The average molecular weight is 389 g/mol. The number of rotatable bonds is 4. The van der Waals surface area contributed by atoms with Gasteiger partial charge in [0.1, 0.15) is 17.5 Å². The van der Waals surface area contributed by atoms with Crippen LogP contribution in [0.25, 0.3) is 11.0 Å². The Labute approximate surface area is 164 Å². The summed E-state index contributed by atoms with van der Waals surface area (Å²) >= 11 is 0. The molecule has 28 heavy (non-hydrogen) atoms. The van der Waals surface area contributed by atoms with Gasteiger partial charge in [-0.3, -0.25) is 0 Å². The van der Waals surface area contributed by atoms with Crippen molar-refractivity contribution in [3.05, 3.63) is 24.0 Å². The van der Waals surface area contributed by atoms with Crippen LogP contribution in [0.1, 0.15) is 51.2 Å². The maximum absolute atomic E-state index is 12.1. The van der Waals surface area contributed by atoms with Crippen LogP contribution in [0.3, 0.4) is 0 Å². The van der Waals surface area contributed by atoms with E-state index >= 15 is 0 Å². The van der Waals surface area contributed by atoms with Crippen molar-refractivity contribution in [2.75, 3.05) is 19.7 Å². The van der Waals surface area contributed by atoms with Crippen LogP contribution in [0.5, 0.6) is 5.75 Å². The van der Waals surface area contributed by atoms with Crippen LogP contribution in [0.4, 0.5) is 4.79 Å². The lowest BCUT2D eigenvalue weighted by molar-refractivity contribution is 0.0126. The van der Waals surface area contributed by atoms with Gasteiger partial charge in [-0.05, 0) is 39.8 Å². The first-order chi connectivity index (χ1) is 13.2. The topological polar surface area (TPSA) is 93.8 Å². The molecule has 1 fully saturated rings. The van der Waals surface area contributed by atoms with E-state index in [-0.39, 0.29) is 18.0 Å². The largest absolute Gasteiger partial charge is 0.490 e. The lowest BCUT2D eigenvalue weighted by Gasteiger charge is -2.33. The SMILES string of the molecule is CCOC(=O)c1nc2ccc(OC3CCN(C(=O)OC(C)(C)C)CC3)cc2[nH]1. The van der Waals surface area contributed by atoms with Gasteiger partial charge in [-0.25, -0.2) is 14.6 Å². The highest BCUT2D eigenvalue weighted by Crippen LogP contribution is 2.24. The van der Waals surface area contributed by atoms with Crippen molar-refractivity contribution in [2.45, 2.75) is 52.2 Å². The number of nitrogens with zero attached hydrogens (tertiary/aromatic N) is 2. The number of likely N-dealkylation sites (tertiary alicyclic amines) is 1. The normalized spacial score (nSPS) is 15.5. The molecule has 1 aromatic carbocycles. The van der Waals surface area contributed by atoms with E-state index in [2.05, 4.69) is 9.97 Å². The number of aromatic amines is 1. The molecule has 1 amide bonds. The summed E-state index contributed by atoms with van der Waals surface area (Å²) in [4.78, 5) is 32.9. The number of imidazole rings is 1. The minimum Gasteiger partial charge on any atom is -0.490 e. The Morgan fingerprint density at radius 2 is 1.96 bits per heavy atom. The fraction of sp³-hybridized carbons (Fsp3) is 0.550. The summed E-state index contributed by atoms with van der Waals surface area (Å²) in [7, 11) is 0. The zero-order valence-electron chi connectivity index (χ0n) is 16.8. The minimum absolute atomic E-state index is 0.0172. The predicted octanol–water partition coefficient (Wildman–Crippen LogP) is 3.52. The molecular weight excluding hydrogens is 362 g/mol. The summed E-state index contributed by atoms with van der Waals surface area (Å²) in [6, 6.07) is 5.46. The third-order valence-electron chi connectivity index (χ3n) is 4.32. The summed E-state index contributed by atoms with van der Waals surface area (Å²) in [5, 5.41) is 0. The lowest BCUT2D eigenvalue weighted by atomic mass is 10.1. The number of benzene rings is 1. The Hall–Kier alpha value is -2.77. The molecule has 152 valence electrons. The van der Waals surface area contributed by atoms with Gasteiger partial charge < -0.3 is 24.1 Å². The zero-order valence-corrected chi connectivity index (χ0v) is 16.8. The van der Waals surface area contributed by atoms with Gasteiger partial charge in [-0.15, -0.1) is 0 Å². The summed E-state index contributed by atoms with van der Waals surface area (Å²) in [5.74, 6) is 0.401. The Morgan fingerprint density at radius 3 is 2.61 bits per heavy atom. The summed E-state index contributed by atoms with van der Waals surface area (Å²) in [6.07, 6.45) is 1.20. The fourth-order valence-corrected chi connectivity index (χ4v) is 3.03. The molecule has 0 saturated carbocycles. The molecule has 2 aromatic rings. The molecule has 0 aliphatic carbocycles. The van der Waals surface area contributed by atoms with E-state index in [9.17, 15) is 9.59 Å². The van der Waals surface area contributed by atoms with E-state index in [4.69, 9.17) is 14.2 Å². The highest BCUT2D eigenvalue weighted by Gasteiger charge is 2.27. The highest BCUT2D eigenvalue weighted by atomic mass is 16.6. The van der Waals surface area contributed by atoms with Crippen molar-refractivity contribution < 1.29 is 23.8 Å². The van der Waals surface area contributed by atoms with Gasteiger partial charge >= 0.3 is 12.1 Å². The molecule has 1 aliphatic rings. The number of amides is 1. The smallest absolute Gasteiger partial charge is 0.410 e. The maximum Gasteiger partial charge on any atom is 0.410 e. The first-order valence-electron chi connectivity index (χ1n) is 9.56. The molecule has 0 radical (unpaired) electrons. The van der Waals surface area contributed by atoms with Gasteiger partial charge in [0, 0.05) is 32.0 Å². The van der Waals surface area contributed by atoms with Crippen LogP contribution in [-0.2, 0) is 9.47 Å². The van der Waals surface area contributed by atoms with Crippen molar-refractivity contribution in [3.8, 4) is 5.75 Å². The summed E-state index contributed by atoms with van der Waals surface area (Å²) in [5.41, 5.74) is 0.897. The van der Waals surface area contributed by atoms with Crippen LogP contribution in [0, 0.1) is 0 Å². The first-order valence-corrected chi connectivity index (χ1v) is 9.56. The van der Waals surface area contributed by atoms with Crippen LogP contribution in [-0.4, -0.2) is 58.3 Å². The number of H-pyrrole nitrogens is 1. The summed E-state index contributed by atoms with van der Waals surface area (Å²) < 4.78 is 16.4. The molecule has 1 saturated heterocycles. The van der Waals surface area contributed by atoms with Crippen LogP contribution >= 0.6 is 0 Å². The number of aromatic nitrogens is 2. The number of piperidine rings is 1. The molecule has 0 atom stereocenters. The Kier molecular flexibility index (Phi) is 5.76. The van der Waals surface area contributed by atoms with Gasteiger partial charge in [0.15, 0.2) is 0 Å². The van der Waals surface area contributed by atoms with Gasteiger partial charge in [-0.2, -0.15) is 0 Å². The molecule has 8 nitrogen and oxygen atoms in total. The van der Waals surface area contributed by atoms with Crippen molar-refractivity contribution in [2.24, 2.45) is 0 Å². The van der Waals surface area contributed by atoms with E-state index in [1.807, 2.05) is 32.9 Å². The number of fused-ring (bicyclic) bond motifs is 1. The highest BCUT2D eigenvalue weighted by molar-refractivity contribution is 5.90. The first kappa shape index (κ1) is 20.0. The second kappa shape index (κ2) is 8.08. The Morgan fingerprint density at radius 1 is 1.25 bits per heavy atom. The van der Waals surface area contributed by atoms with Crippen molar-refractivity contribution in [1.29, 1.82) is 0 Å². The molecule has 0 unspecified atom stereocenters. The van der Waals surface area contributed by atoms with E-state index in [0.29, 0.717) is 36.5 Å². The van der Waals surface area contributed by atoms with Gasteiger partial charge in [0.25, 0.3) is 0 Å². The second-order valence-corrected chi connectivity index (χ2v) is 7.77. The molecule has 8 heteroatoms. The number of carbonyl (C=O) groups excluding carboxylic acids is 2. The zero-order chi connectivity index (χ0) is 20.3. The third-order valence-corrected chi connectivity index (χ3v) is 4.32. The molecule has 1 aliphatic heterocycles. The molecule has 1 aromatic heterocycles. The van der Waals surface area contributed by atoms with Crippen molar-refractivity contribution >= 4 is 23.1 Å². The van der Waals surface area contributed by atoms with Crippen LogP contribution in [0.15, 0.2) is 18.2 Å². The monoisotopic (exact) mass is 389 g/mol. The number of hydrogen-bond acceptors (Lipinski definition) is 6. The standard InChI is InChI=1S/C20H27N3O5/c1-5-26-18(24)17-21-15-7-6-14(12-16(15)22-17)27-13-8-10-23(11-9-13)19(25)28-20(2,3)4/h6-7,12-13H,5,8-11H2,1-4H3,(H,21,22). The van der Waals surface area contributed by atoms with Crippen LogP contribution in [0.2, 0.25) is 0 Å². The lowest BCUT2D eigenvalue weighted by Crippen LogP contribution is -2.44. The molecule has 0 spiro atoms. The molecule has 0 bridgehead atoms. The molecule has 1 N–H and O–H groups in total. The molecular formula is C20H27N3O5. The van der Waals surface area contributed by atoms with Gasteiger partial charge in [-0.1, -0.05) is 0 Å². The Bertz CT molecular complexity index is 847. The van der Waals surface area contributed by atoms with E-state index in [0.717, 1.165) is 12.8 Å². The predicted molar refractivity (Wildman–Crippen MR) is 104 cm³/mol. The summed E-state index contributed by atoms with van der Waals surface area (Å²) in [6.45, 7) is 8.82. The fourth-order valence-electron chi connectivity index (χ4n) is 3.03. The number of hydrogen-bond donors (Lipinski definition) is 1. The van der Waals surface area contributed by atoms with Crippen molar-refractivity contribution in [3.63, 3.8) is 0 Å². The average Bonchev–Trinajstić information content (AvgIpc) is 3.04. The van der Waals surface area contributed by atoms with Gasteiger partial charge in [0.05, 0.1) is 17.6 Å². The molecule has 2 heterocycles. The van der Waals surface area contributed by atoms with Gasteiger partial charge in [0.2, 0.25) is 5.82 Å². The van der Waals surface area contributed by atoms with E-state index in [1.54, 1.807) is 17.9 Å². The van der Waals surface area contributed by atoms with Crippen LogP contribution < -0.4 is 4.74 Å². The second-order valence-electron chi connectivity index (χ2n) is 7.77. The maximum atomic E-state index is 12.1. The van der Waals surface area contributed by atoms with E-state index < -0.39 is 11.6 Å². The Balaban J connectivity index is 1.58. The number of nitrogens with one attached hydrogen (secondary N) is 1. The third kappa shape index (κ3) is 4.94. The number of ether oxygens (including phenoxy) is 3. The molecule has 3 rings (SSSR count). The number of esters is 1. The van der Waals surface area contributed by atoms with E-state index in [1.165, 1.54) is 0 Å².